The molecule has 1 aliphatic heterocycles. The molecule has 1 aliphatic rings. The third-order valence-corrected chi connectivity index (χ3v) is 5.86. The number of nitrogens with zero attached hydrogens (tertiary/aromatic N) is 2. The minimum atomic E-state index is -0.0611. The molecule has 0 N–H and O–H groups in total. The fourth-order valence-corrected chi connectivity index (χ4v) is 4.03. The molecule has 0 fully saturated rings. The molecule has 0 saturated heterocycles. The summed E-state index contributed by atoms with van der Waals surface area (Å²) in [7, 11) is 0. The van der Waals surface area contributed by atoms with Crippen LogP contribution in [0.25, 0.3) is 0 Å². The van der Waals surface area contributed by atoms with Crippen molar-refractivity contribution in [2.45, 2.75) is 52.0 Å². The summed E-state index contributed by atoms with van der Waals surface area (Å²) >= 11 is 5.92. The van der Waals surface area contributed by atoms with Gasteiger partial charge in [0, 0.05) is 37.3 Å². The van der Waals surface area contributed by atoms with Gasteiger partial charge in [-0.1, -0.05) is 55.5 Å². The van der Waals surface area contributed by atoms with Gasteiger partial charge >= 0.3 is 0 Å². The molecule has 2 aromatic carbocycles. The van der Waals surface area contributed by atoms with Gasteiger partial charge in [0.1, 0.15) is 5.75 Å². The van der Waals surface area contributed by atoms with Crippen LogP contribution in [0, 0.1) is 0 Å². The maximum atomic E-state index is 13.0. The first kappa shape index (κ1) is 23.1. The summed E-state index contributed by atoms with van der Waals surface area (Å²) in [4.78, 5) is 29.1. The van der Waals surface area contributed by atoms with E-state index in [1.165, 1.54) is 0 Å². The Hall–Kier alpha value is -2.53. The lowest BCUT2D eigenvalue weighted by Crippen LogP contribution is -2.36. The number of para-hydroxylation sites is 1. The van der Waals surface area contributed by atoms with E-state index in [-0.39, 0.29) is 18.4 Å². The van der Waals surface area contributed by atoms with Crippen molar-refractivity contribution in [3.8, 4) is 5.75 Å². The molecular weight excluding hydrogens is 412 g/mol. The Morgan fingerprint density at radius 3 is 2.26 bits per heavy atom. The van der Waals surface area contributed by atoms with Crippen molar-refractivity contribution in [3.05, 3.63) is 59.1 Å². The molecule has 31 heavy (non-hydrogen) atoms. The van der Waals surface area contributed by atoms with E-state index in [1.807, 2.05) is 34.1 Å². The Bertz CT molecular complexity index is 869. The van der Waals surface area contributed by atoms with E-state index < -0.39 is 0 Å². The van der Waals surface area contributed by atoms with Crippen molar-refractivity contribution in [2.24, 2.45) is 0 Å². The smallest absolute Gasteiger partial charge is 0.260 e. The van der Waals surface area contributed by atoms with Crippen molar-refractivity contribution < 1.29 is 14.3 Å². The van der Waals surface area contributed by atoms with Gasteiger partial charge in [-0.15, -0.1) is 0 Å². The van der Waals surface area contributed by atoms with Crippen LogP contribution < -0.4 is 9.64 Å². The maximum Gasteiger partial charge on any atom is 0.260 e. The first-order valence-electron chi connectivity index (χ1n) is 11.1. The SMILES string of the molecule is CC(=O)N1CCCCCCCCN(C(=O)COc2ccc(Cl)cc2)Cc2ccccc21. The van der Waals surface area contributed by atoms with E-state index in [0.29, 0.717) is 30.4 Å². The van der Waals surface area contributed by atoms with Crippen LogP contribution in [0.4, 0.5) is 5.69 Å². The van der Waals surface area contributed by atoms with E-state index in [0.717, 1.165) is 49.8 Å². The predicted octanol–water partition coefficient (Wildman–Crippen LogP) is 5.45. The average molecular weight is 443 g/mol. The summed E-state index contributed by atoms with van der Waals surface area (Å²) in [5.41, 5.74) is 1.88. The second-order valence-electron chi connectivity index (χ2n) is 7.98. The van der Waals surface area contributed by atoms with Crippen LogP contribution >= 0.6 is 11.6 Å². The number of ether oxygens (including phenoxy) is 1. The molecule has 2 aromatic rings. The fourth-order valence-electron chi connectivity index (χ4n) is 3.90. The number of rotatable bonds is 3. The molecule has 1 heterocycles. The number of benzene rings is 2. The summed E-state index contributed by atoms with van der Waals surface area (Å²) in [6, 6.07) is 14.9. The Balaban J connectivity index is 1.78. The number of carbonyl (C=O) groups excluding carboxylic acids is 2. The molecule has 0 spiro atoms. The Morgan fingerprint density at radius 1 is 0.903 bits per heavy atom. The van der Waals surface area contributed by atoms with Crippen LogP contribution in [0.1, 0.15) is 51.0 Å². The number of carbonyl (C=O) groups is 2. The van der Waals surface area contributed by atoms with Crippen LogP contribution in [0.3, 0.4) is 0 Å². The van der Waals surface area contributed by atoms with E-state index >= 15 is 0 Å². The van der Waals surface area contributed by atoms with Gasteiger partial charge in [0.05, 0.1) is 0 Å². The number of anilines is 1. The molecule has 5 nitrogen and oxygen atoms in total. The standard InChI is InChI=1S/C25H31ClN2O3/c1-20(29)28-17-9-5-3-2-4-8-16-27(18-21-10-6-7-11-24(21)28)25(30)19-31-23-14-12-22(26)13-15-23/h6-7,10-15H,2-5,8-9,16-19H2,1H3. The van der Waals surface area contributed by atoms with E-state index in [9.17, 15) is 9.59 Å². The largest absolute Gasteiger partial charge is 0.484 e. The van der Waals surface area contributed by atoms with Crippen molar-refractivity contribution in [3.63, 3.8) is 0 Å². The first-order chi connectivity index (χ1) is 15.0. The maximum absolute atomic E-state index is 13.0. The van der Waals surface area contributed by atoms with Crippen LogP contribution in [0.15, 0.2) is 48.5 Å². The topological polar surface area (TPSA) is 49.9 Å². The average Bonchev–Trinajstić information content (AvgIpc) is 2.78. The lowest BCUT2D eigenvalue weighted by molar-refractivity contribution is -0.134. The monoisotopic (exact) mass is 442 g/mol. The van der Waals surface area contributed by atoms with Crippen LogP contribution in [-0.2, 0) is 16.1 Å². The number of fused-ring (bicyclic) bond motifs is 1. The fraction of sp³-hybridized carbons (Fsp3) is 0.440. The van der Waals surface area contributed by atoms with Crippen LogP contribution in [-0.4, -0.2) is 36.4 Å². The second-order valence-corrected chi connectivity index (χ2v) is 8.42. The molecule has 2 amide bonds. The first-order valence-corrected chi connectivity index (χ1v) is 11.4. The molecule has 0 radical (unpaired) electrons. The van der Waals surface area contributed by atoms with Gasteiger partial charge in [0.2, 0.25) is 5.91 Å². The molecule has 0 aromatic heterocycles. The highest BCUT2D eigenvalue weighted by molar-refractivity contribution is 6.30. The van der Waals surface area contributed by atoms with E-state index in [1.54, 1.807) is 31.2 Å². The Labute approximate surface area is 189 Å². The highest BCUT2D eigenvalue weighted by Gasteiger charge is 2.20. The van der Waals surface area contributed by atoms with Crippen molar-refractivity contribution >= 4 is 29.1 Å². The van der Waals surface area contributed by atoms with Gasteiger partial charge in [0.25, 0.3) is 5.91 Å². The summed E-state index contributed by atoms with van der Waals surface area (Å²) in [5.74, 6) is 0.590. The van der Waals surface area contributed by atoms with Crippen molar-refractivity contribution in [1.29, 1.82) is 0 Å². The summed E-state index contributed by atoms with van der Waals surface area (Å²) < 4.78 is 5.70. The zero-order valence-electron chi connectivity index (χ0n) is 18.2. The van der Waals surface area contributed by atoms with Crippen LogP contribution in [0.2, 0.25) is 5.02 Å². The van der Waals surface area contributed by atoms with Gasteiger partial charge < -0.3 is 14.5 Å². The predicted molar refractivity (Wildman–Crippen MR) is 125 cm³/mol. The molecule has 0 aliphatic carbocycles. The molecule has 6 heteroatoms. The van der Waals surface area contributed by atoms with Gasteiger partial charge in [-0.3, -0.25) is 9.59 Å². The molecule has 166 valence electrons. The molecule has 0 bridgehead atoms. The normalized spacial score (nSPS) is 15.8. The summed E-state index contributed by atoms with van der Waals surface area (Å²) in [6.45, 7) is 3.43. The molecular formula is C25H31ClN2O3. The zero-order valence-corrected chi connectivity index (χ0v) is 18.9. The second kappa shape index (κ2) is 11.8. The van der Waals surface area contributed by atoms with Gasteiger partial charge in [-0.05, 0) is 48.7 Å². The lowest BCUT2D eigenvalue weighted by Gasteiger charge is -2.28. The summed E-state index contributed by atoms with van der Waals surface area (Å²) in [6.07, 6.45) is 6.47. The summed E-state index contributed by atoms with van der Waals surface area (Å²) in [5, 5.41) is 0.629. The molecule has 0 atom stereocenters. The number of amides is 2. The minimum Gasteiger partial charge on any atom is -0.484 e. The minimum absolute atomic E-state index is 0.0276. The van der Waals surface area contributed by atoms with Gasteiger partial charge in [-0.25, -0.2) is 0 Å². The lowest BCUT2D eigenvalue weighted by atomic mass is 10.1. The third kappa shape index (κ3) is 7.00. The van der Waals surface area contributed by atoms with E-state index in [4.69, 9.17) is 16.3 Å². The van der Waals surface area contributed by atoms with Gasteiger partial charge in [-0.2, -0.15) is 0 Å². The molecule has 3 rings (SSSR count). The number of halogens is 1. The highest BCUT2D eigenvalue weighted by atomic mass is 35.5. The zero-order chi connectivity index (χ0) is 22.1. The van der Waals surface area contributed by atoms with Crippen molar-refractivity contribution in [2.75, 3.05) is 24.6 Å². The Kier molecular flexibility index (Phi) is 8.77. The molecule has 0 saturated carbocycles. The van der Waals surface area contributed by atoms with Crippen LogP contribution in [0.5, 0.6) is 5.75 Å². The Morgan fingerprint density at radius 2 is 1.55 bits per heavy atom. The molecule has 0 unspecified atom stereocenters. The highest BCUT2D eigenvalue weighted by Crippen LogP contribution is 2.24. The van der Waals surface area contributed by atoms with Gasteiger partial charge in [0.15, 0.2) is 6.61 Å². The third-order valence-electron chi connectivity index (χ3n) is 5.61. The number of hydrogen-bond donors (Lipinski definition) is 0. The quantitative estimate of drug-likeness (QED) is 0.634. The van der Waals surface area contributed by atoms with E-state index in [2.05, 4.69) is 0 Å². The number of hydrogen-bond acceptors (Lipinski definition) is 3. The van der Waals surface area contributed by atoms with Crippen molar-refractivity contribution in [1.82, 2.24) is 4.90 Å².